The molecule has 1 aromatic heterocycles. The van der Waals surface area contributed by atoms with Crippen LogP contribution in [-0.2, 0) is 44.5 Å². The molecule has 1 fully saturated rings. The average Bonchev–Trinajstić information content (AvgIpc) is 3.84. The standard InChI is InChI=1S/C53H84N5O12PS3/c1-12-34(4)39(30-46(62)42-16-13-14-22-57(42)10)51(65)58(11)43(33(2)3)31-47(70-36(6)59)50-56-41(32-72-50)45(61)29-38(26-35(5)52(66)67)27-37-18-19-44(60)40(28-37)55-49(64)17-15-25-73-74-53(7,8)21-24-71(68,69)23-20-48(63)54-9/h18-19,28,32-35,38-39,42-43,47,60H,12-17,20-27,29-31H2,1-11H3,(H,54,63)(H,55,64)(H,66,67)(H,68,69)/t34-,35?,38+,39?,42?,43+,47+/m0/s1. The van der Waals surface area contributed by atoms with E-state index < -0.39 is 49.2 Å². The smallest absolute Gasteiger partial charge is 0.306 e. The number of likely N-dealkylation sites (tertiary alicyclic amines) is 1. The molecule has 1 saturated heterocycles. The van der Waals surface area contributed by atoms with Crippen LogP contribution in [0.15, 0.2) is 23.6 Å². The molecule has 0 spiro atoms. The summed E-state index contributed by atoms with van der Waals surface area (Å²) in [7, 11) is 4.87. The first-order valence-corrected chi connectivity index (χ1v) is 31.2. The highest BCUT2D eigenvalue weighted by molar-refractivity contribution is 8.77. The van der Waals surface area contributed by atoms with Crippen LogP contribution in [0.3, 0.4) is 0 Å². The number of likely N-dealkylation sites (N-methyl/N-ethyl adjacent to an activating group) is 1. The largest absolute Gasteiger partial charge is 0.506 e. The van der Waals surface area contributed by atoms with Crippen LogP contribution in [0.1, 0.15) is 160 Å². The van der Waals surface area contributed by atoms with Crippen molar-refractivity contribution in [2.45, 2.75) is 162 Å². The van der Waals surface area contributed by atoms with Crippen molar-refractivity contribution in [1.29, 1.82) is 0 Å². The van der Waals surface area contributed by atoms with Gasteiger partial charge < -0.3 is 35.4 Å². The van der Waals surface area contributed by atoms with Crippen molar-refractivity contribution in [3.05, 3.63) is 39.8 Å². The number of hydrogen-bond acceptors (Lipinski definition) is 15. The Labute approximate surface area is 451 Å². The molecule has 74 heavy (non-hydrogen) atoms. The lowest BCUT2D eigenvalue weighted by Gasteiger charge is -2.37. The summed E-state index contributed by atoms with van der Waals surface area (Å²) in [6.45, 7) is 15.7. The maximum absolute atomic E-state index is 14.4. The Hall–Kier alpha value is -3.81. The van der Waals surface area contributed by atoms with Crippen molar-refractivity contribution < 1.29 is 58.0 Å². The Morgan fingerprint density at radius 1 is 1.03 bits per heavy atom. The van der Waals surface area contributed by atoms with Gasteiger partial charge in [-0.05, 0) is 101 Å². The topological polar surface area (TPSA) is 250 Å². The highest BCUT2D eigenvalue weighted by atomic mass is 33.1. The van der Waals surface area contributed by atoms with E-state index in [1.807, 2.05) is 48.6 Å². The number of carbonyl (C=O) groups is 7. The lowest BCUT2D eigenvalue weighted by Crippen LogP contribution is -2.48. The normalized spacial score (nSPS) is 17.5. The van der Waals surface area contributed by atoms with Gasteiger partial charge in [-0.25, -0.2) is 4.98 Å². The molecule has 0 saturated carbocycles. The number of ether oxygens (including phenoxy) is 1. The van der Waals surface area contributed by atoms with Crippen LogP contribution >= 0.6 is 40.3 Å². The van der Waals surface area contributed by atoms with E-state index in [9.17, 15) is 53.2 Å². The number of hydrogen-bond donors (Lipinski definition) is 5. The van der Waals surface area contributed by atoms with E-state index in [4.69, 9.17) is 4.74 Å². The second kappa shape index (κ2) is 30.8. The van der Waals surface area contributed by atoms with Gasteiger partial charge in [-0.15, -0.1) is 11.3 Å². The number of carboxylic acid groups (broad SMARTS) is 1. The minimum absolute atomic E-state index is 0.000546. The molecule has 17 nitrogen and oxygen atoms in total. The van der Waals surface area contributed by atoms with Gasteiger partial charge in [-0.2, -0.15) is 0 Å². The lowest BCUT2D eigenvalue weighted by molar-refractivity contribution is -0.149. The third kappa shape index (κ3) is 21.7. The van der Waals surface area contributed by atoms with Crippen molar-refractivity contribution in [1.82, 2.24) is 20.1 Å². The number of nitrogens with zero attached hydrogens (tertiary/aromatic N) is 3. The average molecular weight is 1110 g/mol. The molecular formula is C53H84N5O12PS3. The molecule has 3 amide bonds. The summed E-state index contributed by atoms with van der Waals surface area (Å²) in [4.78, 5) is 110. The number of amides is 3. The molecule has 2 heterocycles. The van der Waals surface area contributed by atoms with Gasteiger partial charge in [0.15, 0.2) is 17.7 Å². The van der Waals surface area contributed by atoms with Gasteiger partial charge in [0, 0.05) is 93.3 Å². The summed E-state index contributed by atoms with van der Waals surface area (Å²) >= 11 is 1.16. The molecule has 1 aliphatic heterocycles. The number of aliphatic carboxylic acids is 1. The van der Waals surface area contributed by atoms with Gasteiger partial charge in [-0.1, -0.05) is 75.1 Å². The van der Waals surface area contributed by atoms with Crippen molar-refractivity contribution in [2.75, 3.05) is 51.1 Å². The Morgan fingerprint density at radius 2 is 1.73 bits per heavy atom. The zero-order valence-corrected chi connectivity index (χ0v) is 48.8. The molecule has 3 rings (SSSR count). The number of carbonyl (C=O) groups excluding carboxylic acids is 6. The Balaban J connectivity index is 1.70. The number of anilines is 1. The number of ketones is 2. The van der Waals surface area contributed by atoms with E-state index in [-0.39, 0.29) is 126 Å². The monoisotopic (exact) mass is 1110 g/mol. The first-order chi connectivity index (χ1) is 34.7. The van der Waals surface area contributed by atoms with E-state index >= 15 is 0 Å². The molecule has 0 bridgehead atoms. The fourth-order valence-corrected chi connectivity index (χ4v) is 14.6. The van der Waals surface area contributed by atoms with Crippen LogP contribution in [0, 0.1) is 29.6 Å². The van der Waals surface area contributed by atoms with E-state index in [1.54, 1.807) is 58.0 Å². The van der Waals surface area contributed by atoms with Gasteiger partial charge >= 0.3 is 11.9 Å². The molecule has 4 unspecified atom stereocenters. The lowest BCUT2D eigenvalue weighted by atomic mass is 9.83. The predicted molar refractivity (Wildman–Crippen MR) is 296 cm³/mol. The maximum atomic E-state index is 14.4. The second-order valence-electron chi connectivity index (χ2n) is 21.1. The van der Waals surface area contributed by atoms with Crippen LogP contribution in [0.4, 0.5) is 5.69 Å². The van der Waals surface area contributed by atoms with Crippen LogP contribution < -0.4 is 10.6 Å². The SMILES string of the molecule is CC[C@H](C)C(CC(=O)C1CCCCN1C)C(=O)N(C)[C@H](C[C@@H](OC(C)=O)c1nc(C(=O)C[C@@H](Cc2ccc(O)c(NC(=O)CCCSSC(C)(C)CCP(=O)(O)CCC(=O)NC)c2)CC(C)C(=O)O)cs1)C(C)C. The number of rotatable bonds is 33. The highest BCUT2D eigenvalue weighted by Gasteiger charge is 2.38. The summed E-state index contributed by atoms with van der Waals surface area (Å²) in [6, 6.07) is 4.11. The summed E-state index contributed by atoms with van der Waals surface area (Å²) in [5, 5.41) is 27.8. The zero-order chi connectivity index (χ0) is 55.5. The number of thiazole rings is 1. The van der Waals surface area contributed by atoms with Gasteiger partial charge in [0.05, 0.1) is 17.6 Å². The van der Waals surface area contributed by atoms with E-state index in [0.29, 0.717) is 29.2 Å². The number of benzene rings is 1. The molecule has 2 aromatic rings. The molecule has 5 N–H and O–H groups in total. The number of aromatic nitrogens is 1. The van der Waals surface area contributed by atoms with Gasteiger partial charge in [-0.3, -0.25) is 43.0 Å². The highest BCUT2D eigenvalue weighted by Crippen LogP contribution is 2.47. The van der Waals surface area contributed by atoms with Crippen molar-refractivity contribution in [3.63, 3.8) is 0 Å². The van der Waals surface area contributed by atoms with E-state index in [2.05, 4.69) is 20.5 Å². The molecular weight excluding hydrogens is 1030 g/mol. The van der Waals surface area contributed by atoms with Crippen molar-refractivity contribution in [3.8, 4) is 5.75 Å². The Bertz CT molecular complexity index is 2260. The summed E-state index contributed by atoms with van der Waals surface area (Å²) < 4.78 is 18.1. The molecule has 1 aliphatic rings. The maximum Gasteiger partial charge on any atom is 0.306 e. The number of carboxylic acids is 1. The fourth-order valence-electron chi connectivity index (χ4n) is 9.19. The van der Waals surface area contributed by atoms with E-state index in [0.717, 1.165) is 43.6 Å². The van der Waals surface area contributed by atoms with Gasteiger partial charge in [0.2, 0.25) is 25.1 Å². The van der Waals surface area contributed by atoms with Crippen LogP contribution in [-0.4, -0.2) is 134 Å². The van der Waals surface area contributed by atoms with E-state index in [1.165, 1.54) is 20.0 Å². The molecule has 0 radical (unpaired) electrons. The number of nitrogens with one attached hydrogen (secondary N) is 2. The molecule has 0 aliphatic carbocycles. The quantitative estimate of drug-likeness (QED) is 0.0111. The minimum atomic E-state index is -3.45. The second-order valence-corrected chi connectivity index (χ2v) is 27.7. The van der Waals surface area contributed by atoms with Crippen LogP contribution in [0.5, 0.6) is 5.75 Å². The predicted octanol–water partition coefficient (Wildman–Crippen LogP) is 9.65. The van der Waals surface area contributed by atoms with Gasteiger partial charge in [0.1, 0.15) is 16.5 Å². The van der Waals surface area contributed by atoms with Crippen LogP contribution in [0.2, 0.25) is 0 Å². The Kier molecular flexibility index (Phi) is 26.8. The number of phenols is 1. The molecule has 416 valence electrons. The molecule has 8 atom stereocenters. The number of esters is 1. The van der Waals surface area contributed by atoms with Gasteiger partial charge in [0.25, 0.3) is 0 Å². The third-order valence-electron chi connectivity index (χ3n) is 14.1. The summed E-state index contributed by atoms with van der Waals surface area (Å²) in [5.41, 5.74) is 0.978. The molecule has 1 aromatic carbocycles. The number of aromatic hydroxyl groups is 1. The first-order valence-electron chi connectivity index (χ1n) is 26.0. The number of piperidine rings is 1. The summed E-state index contributed by atoms with van der Waals surface area (Å²) in [5.74, 6) is -4.02. The zero-order valence-electron chi connectivity index (χ0n) is 45.5. The Morgan fingerprint density at radius 3 is 2.35 bits per heavy atom. The van der Waals surface area contributed by atoms with Crippen molar-refractivity contribution in [2.24, 2.45) is 29.6 Å². The summed E-state index contributed by atoms with van der Waals surface area (Å²) in [6.07, 6.45) is 4.51. The van der Waals surface area contributed by atoms with Crippen molar-refractivity contribution >= 4 is 87.2 Å². The van der Waals surface area contributed by atoms with Crippen LogP contribution in [0.25, 0.3) is 0 Å². The minimum Gasteiger partial charge on any atom is -0.506 e. The third-order valence-corrected chi connectivity index (χ3v) is 20.3. The number of phenolic OH excluding ortho intramolecular Hbond substituents is 1. The first kappa shape index (κ1) is 64.5. The number of Topliss-reactive ketones (excluding diaryl/α,β-unsaturated/α-hetero) is 2. The fraction of sp³-hybridized carbons (Fsp3) is 0.698. The molecule has 21 heteroatoms.